The molecule has 0 radical (unpaired) electrons. The van der Waals surface area contributed by atoms with E-state index in [9.17, 15) is 24.5 Å². The van der Waals surface area contributed by atoms with Gasteiger partial charge in [0.25, 0.3) is 5.69 Å². The SMILES string of the molecule is CC(C)(C)OC(=O)N(OC(C)(C)C)c1nccc2cc(NC(C(=O)NCc3cccc([N+](=O)[O-])c3)c3ccc(CCCCC(=O)OCc4ccccc4)cc3)ccc12. The lowest BCUT2D eigenvalue weighted by Gasteiger charge is -2.31. The van der Waals surface area contributed by atoms with Gasteiger partial charge in [0.15, 0.2) is 5.82 Å². The smallest absolute Gasteiger partial charge is 0.440 e. The largest absolute Gasteiger partial charge is 0.461 e. The number of fused-ring (bicyclic) bond motifs is 1. The third kappa shape index (κ3) is 12.8. The first kappa shape index (κ1) is 42.8. The Morgan fingerprint density at radius 3 is 2.22 bits per heavy atom. The van der Waals surface area contributed by atoms with E-state index in [1.165, 1.54) is 12.1 Å². The summed E-state index contributed by atoms with van der Waals surface area (Å²) >= 11 is 0. The van der Waals surface area contributed by atoms with Crippen LogP contribution in [0.4, 0.5) is 22.0 Å². The van der Waals surface area contributed by atoms with Crippen molar-refractivity contribution in [3.63, 3.8) is 0 Å². The number of hydrogen-bond acceptors (Lipinski definition) is 10. The molecule has 1 heterocycles. The number of aryl methyl sites for hydroxylation is 1. The zero-order valence-corrected chi connectivity index (χ0v) is 33.8. The molecule has 13 nitrogen and oxygen atoms in total. The second-order valence-corrected chi connectivity index (χ2v) is 15.9. The minimum Gasteiger partial charge on any atom is -0.461 e. The Morgan fingerprint density at radius 1 is 0.810 bits per heavy atom. The van der Waals surface area contributed by atoms with Crippen molar-refractivity contribution in [2.45, 2.75) is 97.6 Å². The van der Waals surface area contributed by atoms with Gasteiger partial charge in [0.2, 0.25) is 5.91 Å². The number of nitrogens with one attached hydrogen (secondary N) is 2. The molecule has 1 unspecified atom stereocenters. The van der Waals surface area contributed by atoms with Crippen molar-refractivity contribution in [2.75, 3.05) is 10.4 Å². The molecule has 0 bridgehead atoms. The number of ether oxygens (including phenoxy) is 2. The molecule has 4 aromatic carbocycles. The number of esters is 1. The normalized spacial score (nSPS) is 12.0. The quantitative estimate of drug-likeness (QED) is 0.0426. The average molecular weight is 790 g/mol. The summed E-state index contributed by atoms with van der Waals surface area (Å²) in [5.74, 6) is -0.332. The molecule has 0 fully saturated rings. The maximum atomic E-state index is 13.9. The van der Waals surface area contributed by atoms with Gasteiger partial charge in [-0.2, -0.15) is 0 Å². The second-order valence-electron chi connectivity index (χ2n) is 15.9. The summed E-state index contributed by atoms with van der Waals surface area (Å²) in [5.41, 5.74) is 2.29. The Labute approximate surface area is 338 Å². The van der Waals surface area contributed by atoms with Crippen LogP contribution in [-0.4, -0.2) is 39.1 Å². The first-order valence-electron chi connectivity index (χ1n) is 19.2. The van der Waals surface area contributed by atoms with Crippen LogP contribution in [0.15, 0.2) is 109 Å². The number of nitro groups is 1. The number of aromatic nitrogens is 1. The molecular weight excluding hydrogens is 739 g/mol. The minimum atomic E-state index is -0.853. The van der Waals surface area contributed by atoms with Gasteiger partial charge in [0.05, 0.1) is 10.5 Å². The molecule has 2 amide bonds. The number of hydroxylamine groups is 1. The van der Waals surface area contributed by atoms with Gasteiger partial charge in [0.1, 0.15) is 18.2 Å². The molecule has 0 aliphatic heterocycles. The zero-order valence-electron chi connectivity index (χ0n) is 33.8. The van der Waals surface area contributed by atoms with E-state index in [1.54, 1.807) is 57.3 Å². The van der Waals surface area contributed by atoms with Gasteiger partial charge < -0.3 is 20.1 Å². The van der Waals surface area contributed by atoms with Gasteiger partial charge in [-0.1, -0.05) is 66.7 Å². The van der Waals surface area contributed by atoms with E-state index in [4.69, 9.17) is 14.3 Å². The molecular formula is C45H51N5O8. The van der Waals surface area contributed by atoms with Crippen molar-refractivity contribution < 1.29 is 33.6 Å². The fraction of sp³-hybridized carbons (Fsp3) is 0.333. The van der Waals surface area contributed by atoms with Gasteiger partial charge >= 0.3 is 12.1 Å². The summed E-state index contributed by atoms with van der Waals surface area (Å²) in [7, 11) is 0. The molecule has 0 aliphatic rings. The van der Waals surface area contributed by atoms with Crippen LogP contribution >= 0.6 is 0 Å². The number of amides is 2. The molecule has 0 spiro atoms. The predicted octanol–water partition coefficient (Wildman–Crippen LogP) is 9.54. The molecule has 0 aliphatic carbocycles. The molecule has 1 aromatic heterocycles. The van der Waals surface area contributed by atoms with Gasteiger partial charge in [-0.15, -0.1) is 5.06 Å². The number of rotatable bonds is 16. The molecule has 5 rings (SSSR count). The van der Waals surface area contributed by atoms with E-state index in [0.717, 1.165) is 34.4 Å². The van der Waals surface area contributed by atoms with Crippen LogP contribution in [0.5, 0.6) is 0 Å². The third-order valence-corrected chi connectivity index (χ3v) is 8.67. The fourth-order valence-electron chi connectivity index (χ4n) is 5.98. The molecule has 5 aromatic rings. The molecule has 0 saturated carbocycles. The molecule has 304 valence electrons. The second kappa shape index (κ2) is 19.2. The summed E-state index contributed by atoms with van der Waals surface area (Å²) in [6, 6.07) is 29.8. The summed E-state index contributed by atoms with van der Waals surface area (Å²) < 4.78 is 11.1. The number of unbranched alkanes of at least 4 members (excludes halogenated alkanes) is 1. The average Bonchev–Trinajstić information content (AvgIpc) is 3.18. The van der Waals surface area contributed by atoms with Crippen LogP contribution in [-0.2, 0) is 43.5 Å². The summed E-state index contributed by atoms with van der Waals surface area (Å²) in [4.78, 5) is 61.0. The molecule has 2 N–H and O–H groups in total. The summed E-state index contributed by atoms with van der Waals surface area (Å²) in [6.07, 6.45) is 3.38. The molecule has 1 atom stereocenters. The van der Waals surface area contributed by atoms with E-state index < -0.39 is 28.3 Å². The Balaban J connectivity index is 1.33. The van der Waals surface area contributed by atoms with Crippen molar-refractivity contribution >= 4 is 45.9 Å². The lowest BCUT2D eigenvalue weighted by atomic mass is 10.0. The minimum absolute atomic E-state index is 0.0655. The predicted molar refractivity (Wildman–Crippen MR) is 223 cm³/mol. The Kier molecular flexibility index (Phi) is 14.2. The van der Waals surface area contributed by atoms with Crippen LogP contribution < -0.4 is 15.7 Å². The van der Waals surface area contributed by atoms with Crippen LogP contribution in [0.3, 0.4) is 0 Å². The van der Waals surface area contributed by atoms with Gasteiger partial charge in [0, 0.05) is 42.4 Å². The van der Waals surface area contributed by atoms with Crippen LogP contribution in [0, 0.1) is 10.1 Å². The lowest BCUT2D eigenvalue weighted by molar-refractivity contribution is -0.384. The maximum Gasteiger partial charge on any atom is 0.440 e. The van der Waals surface area contributed by atoms with Crippen molar-refractivity contribution in [3.05, 3.63) is 142 Å². The maximum absolute atomic E-state index is 13.9. The highest BCUT2D eigenvalue weighted by Gasteiger charge is 2.31. The van der Waals surface area contributed by atoms with Crippen molar-refractivity contribution in [1.29, 1.82) is 0 Å². The number of benzene rings is 4. The van der Waals surface area contributed by atoms with Crippen LogP contribution in [0.2, 0.25) is 0 Å². The number of non-ortho nitro benzene ring substituents is 1. The number of carbonyl (C=O) groups is 3. The van der Waals surface area contributed by atoms with E-state index in [0.29, 0.717) is 35.0 Å². The number of anilines is 2. The van der Waals surface area contributed by atoms with E-state index >= 15 is 0 Å². The fourth-order valence-corrected chi connectivity index (χ4v) is 5.98. The standard InChI is InChI=1S/C45H51N5O8/c1-44(2,3)57-43(53)49(58-45(4,5)6)41-38-24-23-36(28-35(38)25-26-46-41)48-40(42(52)47-29-33-16-12-17-37(27-33)50(54)55)34-21-19-31(20-22-34)13-10-11-18-39(51)56-30-32-14-8-7-9-15-32/h7-9,12,14-17,19-28,40,48H,10-11,13,18,29-30H2,1-6H3,(H,47,52). The Bertz CT molecular complexity index is 2200. The van der Waals surface area contributed by atoms with Gasteiger partial charge in [-0.3, -0.25) is 24.5 Å². The van der Waals surface area contributed by atoms with Crippen LogP contribution in [0.1, 0.15) is 89.1 Å². The first-order valence-corrected chi connectivity index (χ1v) is 19.2. The number of carbonyl (C=O) groups excluding carboxylic acids is 3. The lowest BCUT2D eigenvalue weighted by Crippen LogP contribution is -2.42. The van der Waals surface area contributed by atoms with Crippen molar-refractivity contribution in [1.82, 2.24) is 10.3 Å². The monoisotopic (exact) mass is 789 g/mol. The van der Waals surface area contributed by atoms with Crippen molar-refractivity contribution in [2.24, 2.45) is 0 Å². The number of hydrogen-bond donors (Lipinski definition) is 2. The highest BCUT2D eigenvalue weighted by atomic mass is 16.7. The van der Waals surface area contributed by atoms with Crippen molar-refractivity contribution in [3.8, 4) is 0 Å². The Hall–Kier alpha value is -6.34. The third-order valence-electron chi connectivity index (χ3n) is 8.67. The topological polar surface area (TPSA) is 162 Å². The number of pyridine rings is 1. The highest BCUT2D eigenvalue weighted by Crippen LogP contribution is 2.32. The van der Waals surface area contributed by atoms with E-state index in [1.807, 2.05) is 81.4 Å². The van der Waals surface area contributed by atoms with Crippen LogP contribution in [0.25, 0.3) is 10.8 Å². The highest BCUT2D eigenvalue weighted by molar-refractivity contribution is 6.00. The molecule has 13 heteroatoms. The van der Waals surface area contributed by atoms with E-state index in [-0.39, 0.29) is 36.5 Å². The Morgan fingerprint density at radius 2 is 1.53 bits per heavy atom. The van der Waals surface area contributed by atoms with Gasteiger partial charge in [-0.05, 0) is 113 Å². The number of nitrogens with zero attached hydrogens (tertiary/aromatic N) is 3. The molecule has 0 saturated heterocycles. The van der Waals surface area contributed by atoms with Gasteiger partial charge in [-0.25, -0.2) is 9.78 Å². The summed E-state index contributed by atoms with van der Waals surface area (Å²) in [5, 5.41) is 20.1. The van der Waals surface area contributed by atoms with E-state index in [2.05, 4.69) is 15.6 Å². The summed E-state index contributed by atoms with van der Waals surface area (Å²) in [6.45, 7) is 11.1. The zero-order chi connectivity index (χ0) is 41.9. The first-order chi connectivity index (χ1) is 27.5. The number of nitro benzene ring substituents is 1. The molecule has 58 heavy (non-hydrogen) atoms.